The number of benzene rings is 1. The van der Waals surface area contributed by atoms with E-state index in [0.29, 0.717) is 35.6 Å². The van der Waals surface area contributed by atoms with Gasteiger partial charge in [0.05, 0.1) is 13.7 Å². The second kappa shape index (κ2) is 10.4. The number of hydrogen-bond donors (Lipinski definition) is 2. The summed E-state index contributed by atoms with van der Waals surface area (Å²) in [5.41, 5.74) is 1.28. The van der Waals surface area contributed by atoms with Crippen molar-refractivity contribution in [2.24, 2.45) is 5.92 Å². The molecule has 1 aromatic carbocycles. The maximum absolute atomic E-state index is 13.1. The van der Waals surface area contributed by atoms with Crippen molar-refractivity contribution < 1.29 is 23.9 Å². The molecule has 3 heterocycles. The van der Waals surface area contributed by atoms with Crippen molar-refractivity contribution in [1.29, 1.82) is 0 Å². The van der Waals surface area contributed by atoms with E-state index in [4.69, 9.17) is 9.47 Å². The van der Waals surface area contributed by atoms with Crippen LogP contribution >= 0.6 is 0 Å². The van der Waals surface area contributed by atoms with E-state index in [1.807, 2.05) is 6.07 Å². The Morgan fingerprint density at radius 1 is 1.11 bits per heavy atom. The number of ether oxygens (including phenoxy) is 2. The summed E-state index contributed by atoms with van der Waals surface area (Å²) in [5.74, 6) is 1.05. The number of amides is 3. The molecule has 2 N–H and O–H groups in total. The molecular weight excluding hydrogens is 460 g/mol. The lowest BCUT2D eigenvalue weighted by atomic mass is 9.85. The summed E-state index contributed by atoms with van der Waals surface area (Å²) in [7, 11) is 1.59. The van der Waals surface area contributed by atoms with E-state index < -0.39 is 11.9 Å². The van der Waals surface area contributed by atoms with Gasteiger partial charge in [-0.3, -0.25) is 24.6 Å². The number of methoxy groups -OCH3 is 1. The van der Waals surface area contributed by atoms with E-state index in [-0.39, 0.29) is 30.9 Å². The molecule has 1 aliphatic carbocycles. The van der Waals surface area contributed by atoms with Crippen LogP contribution in [-0.4, -0.2) is 78.5 Å². The van der Waals surface area contributed by atoms with Gasteiger partial charge in [-0.25, -0.2) is 0 Å². The van der Waals surface area contributed by atoms with Crippen molar-refractivity contribution in [1.82, 2.24) is 20.4 Å². The van der Waals surface area contributed by atoms with Crippen molar-refractivity contribution in [2.75, 3.05) is 26.7 Å². The number of rotatable bonds is 8. The molecule has 5 rings (SSSR count). The van der Waals surface area contributed by atoms with E-state index >= 15 is 0 Å². The zero-order chi connectivity index (χ0) is 25.4. The van der Waals surface area contributed by atoms with E-state index in [9.17, 15) is 14.4 Å². The summed E-state index contributed by atoms with van der Waals surface area (Å²) >= 11 is 0. The quantitative estimate of drug-likeness (QED) is 0.530. The molecule has 1 atom stereocenters. The Hall–Kier alpha value is -2.65. The summed E-state index contributed by atoms with van der Waals surface area (Å²) in [6, 6.07) is 3.96. The molecule has 196 valence electrons. The van der Waals surface area contributed by atoms with Crippen LogP contribution in [0.1, 0.15) is 68.3 Å². The molecule has 0 bridgehead atoms. The first-order valence-electron chi connectivity index (χ1n) is 13.3. The summed E-state index contributed by atoms with van der Waals surface area (Å²) in [5, 5.41) is 5.80. The fraction of sp³-hybridized carbons (Fsp3) is 0.667. The predicted octanol–water partition coefficient (Wildman–Crippen LogP) is 2.08. The molecule has 3 aliphatic heterocycles. The highest BCUT2D eigenvalue weighted by molar-refractivity contribution is 6.05. The number of imide groups is 1. The Morgan fingerprint density at radius 2 is 1.86 bits per heavy atom. The lowest BCUT2D eigenvalue weighted by Gasteiger charge is -2.46. The van der Waals surface area contributed by atoms with Crippen molar-refractivity contribution in [3.05, 3.63) is 23.3 Å². The Labute approximate surface area is 212 Å². The van der Waals surface area contributed by atoms with Gasteiger partial charge in [-0.05, 0) is 64.3 Å². The minimum absolute atomic E-state index is 0.111. The third-order valence-corrected chi connectivity index (χ3v) is 8.26. The second-order valence-electron chi connectivity index (χ2n) is 10.9. The van der Waals surface area contributed by atoms with Crippen LogP contribution in [0.25, 0.3) is 0 Å². The first-order chi connectivity index (χ1) is 17.4. The molecule has 1 unspecified atom stereocenters. The molecule has 4 aliphatic rings. The third kappa shape index (κ3) is 4.83. The molecule has 1 saturated carbocycles. The highest BCUT2D eigenvalue weighted by Gasteiger charge is 2.42. The predicted molar refractivity (Wildman–Crippen MR) is 134 cm³/mol. The molecule has 2 saturated heterocycles. The zero-order valence-electron chi connectivity index (χ0n) is 21.5. The number of fused-ring (bicyclic) bond motifs is 1. The fourth-order valence-corrected chi connectivity index (χ4v) is 6.14. The van der Waals surface area contributed by atoms with Crippen LogP contribution in [0.2, 0.25) is 0 Å². The van der Waals surface area contributed by atoms with Gasteiger partial charge in [0.1, 0.15) is 12.1 Å². The van der Waals surface area contributed by atoms with E-state index in [2.05, 4.69) is 29.4 Å². The van der Waals surface area contributed by atoms with Gasteiger partial charge in [-0.2, -0.15) is 0 Å². The maximum atomic E-state index is 13.1. The summed E-state index contributed by atoms with van der Waals surface area (Å²) < 4.78 is 12.1. The topological polar surface area (TPSA) is 100 Å². The standard InChI is InChI=1S/C27H38N4O5/c1-16(2)30(14-17-8-10-28-11-9-17)18-12-19(13-18)36-23-6-4-20-21(25(23)35-3)15-31(27(20)34)22-5-7-24(32)29-26(22)33/h4,6,16-19,22,28H,5,7-15H2,1-3H3,(H,29,32,33)/t18-,19-,22?. The first-order valence-corrected chi connectivity index (χ1v) is 13.3. The first kappa shape index (κ1) is 25.0. The molecule has 36 heavy (non-hydrogen) atoms. The van der Waals surface area contributed by atoms with Gasteiger partial charge in [0, 0.05) is 49.0 Å². The second-order valence-corrected chi connectivity index (χ2v) is 10.9. The van der Waals surface area contributed by atoms with E-state index in [1.54, 1.807) is 18.1 Å². The monoisotopic (exact) mass is 498 g/mol. The van der Waals surface area contributed by atoms with Crippen LogP contribution in [0.15, 0.2) is 12.1 Å². The molecule has 9 heteroatoms. The number of nitrogens with one attached hydrogen (secondary N) is 2. The largest absolute Gasteiger partial charge is 0.492 e. The summed E-state index contributed by atoms with van der Waals surface area (Å²) in [4.78, 5) is 41.2. The highest BCUT2D eigenvalue weighted by atomic mass is 16.5. The smallest absolute Gasteiger partial charge is 0.255 e. The molecule has 0 spiro atoms. The lowest BCUT2D eigenvalue weighted by molar-refractivity contribution is -0.136. The van der Waals surface area contributed by atoms with Crippen molar-refractivity contribution in [2.45, 2.75) is 83.1 Å². The van der Waals surface area contributed by atoms with Gasteiger partial charge < -0.3 is 19.7 Å². The highest BCUT2D eigenvalue weighted by Crippen LogP contribution is 2.42. The van der Waals surface area contributed by atoms with E-state index in [0.717, 1.165) is 44.0 Å². The van der Waals surface area contributed by atoms with Crippen LogP contribution in [-0.2, 0) is 16.1 Å². The van der Waals surface area contributed by atoms with Crippen LogP contribution in [0.4, 0.5) is 0 Å². The average molecular weight is 499 g/mol. The maximum Gasteiger partial charge on any atom is 0.255 e. The molecule has 1 aromatic rings. The van der Waals surface area contributed by atoms with Gasteiger partial charge in [0.25, 0.3) is 5.91 Å². The normalized spacial score (nSPS) is 26.8. The number of carbonyl (C=O) groups is 3. The minimum Gasteiger partial charge on any atom is -0.492 e. The van der Waals surface area contributed by atoms with Gasteiger partial charge in [-0.15, -0.1) is 0 Å². The zero-order valence-corrected chi connectivity index (χ0v) is 21.5. The Bertz CT molecular complexity index is 1020. The number of hydrogen-bond acceptors (Lipinski definition) is 7. The third-order valence-electron chi connectivity index (χ3n) is 8.26. The van der Waals surface area contributed by atoms with Gasteiger partial charge in [-0.1, -0.05) is 0 Å². The molecule has 3 amide bonds. The number of nitrogens with zero attached hydrogens (tertiary/aromatic N) is 2. The van der Waals surface area contributed by atoms with Gasteiger partial charge >= 0.3 is 0 Å². The number of piperidine rings is 2. The van der Waals surface area contributed by atoms with Crippen LogP contribution < -0.4 is 20.1 Å². The van der Waals surface area contributed by atoms with Crippen LogP contribution in [0, 0.1) is 5.92 Å². The fourth-order valence-electron chi connectivity index (χ4n) is 6.14. The molecule has 0 radical (unpaired) electrons. The van der Waals surface area contributed by atoms with Crippen LogP contribution in [0.3, 0.4) is 0 Å². The molecular formula is C27H38N4O5. The summed E-state index contributed by atoms with van der Waals surface area (Å²) in [6.45, 7) is 8.22. The van der Waals surface area contributed by atoms with Crippen molar-refractivity contribution in [3.8, 4) is 11.5 Å². The SMILES string of the molecule is COc1c(O[C@H]2C[C@H](N(CC3CCNCC3)C(C)C)C2)ccc2c1CN(C1CCC(=O)NC1=O)C2=O. The van der Waals surface area contributed by atoms with Crippen LogP contribution in [0.5, 0.6) is 11.5 Å². The average Bonchev–Trinajstić information content (AvgIpc) is 3.16. The lowest BCUT2D eigenvalue weighted by Crippen LogP contribution is -2.53. The van der Waals surface area contributed by atoms with Crippen molar-refractivity contribution >= 4 is 17.7 Å². The molecule has 3 fully saturated rings. The Balaban J connectivity index is 1.23. The van der Waals surface area contributed by atoms with Gasteiger partial charge in [0.15, 0.2) is 11.5 Å². The summed E-state index contributed by atoms with van der Waals surface area (Å²) in [6.07, 6.45) is 5.13. The van der Waals surface area contributed by atoms with Crippen molar-refractivity contribution in [3.63, 3.8) is 0 Å². The minimum atomic E-state index is -0.647. The molecule has 0 aromatic heterocycles. The number of carbonyl (C=O) groups excluding carboxylic acids is 3. The van der Waals surface area contributed by atoms with E-state index in [1.165, 1.54) is 12.8 Å². The Kier molecular flexibility index (Phi) is 7.21. The van der Waals surface area contributed by atoms with Gasteiger partial charge in [0.2, 0.25) is 11.8 Å². The Morgan fingerprint density at radius 3 is 2.53 bits per heavy atom. The molecule has 9 nitrogen and oxygen atoms in total.